The third-order valence-electron chi connectivity index (χ3n) is 3.30. The molecule has 3 aromatic rings. The van der Waals surface area contributed by atoms with Gasteiger partial charge in [-0.3, -0.25) is 8.97 Å². The van der Waals surface area contributed by atoms with Gasteiger partial charge in [0.1, 0.15) is 11.3 Å². The van der Waals surface area contributed by atoms with Gasteiger partial charge >= 0.3 is 7.60 Å². The Labute approximate surface area is 134 Å². The monoisotopic (exact) mass is 358 g/mol. The van der Waals surface area contributed by atoms with Crippen LogP contribution >= 0.6 is 19.2 Å². The second-order valence-corrected chi connectivity index (χ2v) is 6.85. The summed E-state index contributed by atoms with van der Waals surface area (Å²) >= 11 is 6.22. The van der Waals surface area contributed by atoms with E-state index in [0.717, 1.165) is 0 Å². The SMILES string of the molecule is COC(Cc1c(Cl)ccc2ncc(-c3nn[nH]n3)n12)P(=O)(O)O. The summed E-state index contributed by atoms with van der Waals surface area (Å²) in [4.78, 5) is 23.0. The molecule has 1 atom stereocenters. The highest BCUT2D eigenvalue weighted by Gasteiger charge is 2.31. The molecule has 0 amide bonds. The van der Waals surface area contributed by atoms with Crippen LogP contribution in [0.2, 0.25) is 5.02 Å². The Morgan fingerprint density at radius 2 is 2.26 bits per heavy atom. The van der Waals surface area contributed by atoms with Gasteiger partial charge in [0.05, 0.1) is 11.2 Å². The van der Waals surface area contributed by atoms with Crippen LogP contribution < -0.4 is 0 Å². The van der Waals surface area contributed by atoms with Crippen LogP contribution in [0.3, 0.4) is 0 Å². The Morgan fingerprint density at radius 1 is 1.48 bits per heavy atom. The van der Waals surface area contributed by atoms with Crippen molar-refractivity contribution >= 4 is 24.8 Å². The molecular formula is C11H12ClN6O4P. The van der Waals surface area contributed by atoms with Crippen molar-refractivity contribution in [2.45, 2.75) is 12.3 Å². The predicted molar refractivity (Wildman–Crippen MR) is 79.9 cm³/mol. The average Bonchev–Trinajstić information content (AvgIpc) is 3.13. The number of halogens is 1. The number of pyridine rings is 1. The van der Waals surface area contributed by atoms with Crippen molar-refractivity contribution in [1.29, 1.82) is 0 Å². The van der Waals surface area contributed by atoms with E-state index in [4.69, 9.17) is 16.3 Å². The largest absolute Gasteiger partial charge is 0.368 e. The number of aromatic nitrogens is 6. The van der Waals surface area contributed by atoms with Crippen LogP contribution in [0.25, 0.3) is 17.2 Å². The second kappa shape index (κ2) is 5.99. The molecule has 3 N–H and O–H groups in total. The zero-order valence-electron chi connectivity index (χ0n) is 11.8. The molecule has 0 aliphatic heterocycles. The Hall–Kier alpha value is -1.84. The molecule has 0 aromatic carbocycles. The van der Waals surface area contributed by atoms with Gasteiger partial charge in [-0.25, -0.2) is 4.98 Å². The van der Waals surface area contributed by atoms with Gasteiger partial charge in [0.2, 0.25) is 5.82 Å². The fourth-order valence-corrected chi connectivity index (χ4v) is 3.15. The number of aromatic amines is 1. The minimum absolute atomic E-state index is 0.113. The van der Waals surface area contributed by atoms with Crippen molar-refractivity contribution in [2.24, 2.45) is 0 Å². The quantitative estimate of drug-likeness (QED) is 0.571. The van der Waals surface area contributed by atoms with Gasteiger partial charge in [0.15, 0.2) is 5.85 Å². The van der Waals surface area contributed by atoms with E-state index in [1.54, 1.807) is 16.5 Å². The van der Waals surface area contributed by atoms with Gasteiger partial charge in [0, 0.05) is 19.2 Å². The van der Waals surface area contributed by atoms with Crippen molar-refractivity contribution in [3.63, 3.8) is 0 Å². The van der Waals surface area contributed by atoms with Crippen LogP contribution in [0.15, 0.2) is 18.3 Å². The molecule has 3 aromatic heterocycles. The predicted octanol–water partition coefficient (Wildman–Crippen LogP) is 0.860. The van der Waals surface area contributed by atoms with Crippen LogP contribution in [-0.2, 0) is 15.7 Å². The van der Waals surface area contributed by atoms with Crippen LogP contribution in [0.1, 0.15) is 5.69 Å². The number of H-pyrrole nitrogens is 1. The normalized spacial score (nSPS) is 13.6. The molecule has 3 heterocycles. The number of tetrazole rings is 1. The molecule has 0 radical (unpaired) electrons. The van der Waals surface area contributed by atoms with Crippen LogP contribution in [0.5, 0.6) is 0 Å². The van der Waals surface area contributed by atoms with Crippen LogP contribution in [-0.4, -0.2) is 52.8 Å². The van der Waals surface area contributed by atoms with Gasteiger partial charge < -0.3 is 14.5 Å². The molecule has 122 valence electrons. The lowest BCUT2D eigenvalue weighted by molar-refractivity contribution is 0.135. The Morgan fingerprint density at radius 3 is 2.87 bits per heavy atom. The van der Waals surface area contributed by atoms with Gasteiger partial charge in [-0.2, -0.15) is 5.21 Å². The number of ether oxygens (including phenoxy) is 1. The number of methoxy groups -OCH3 is 1. The number of nitrogens with zero attached hydrogens (tertiary/aromatic N) is 5. The van der Waals surface area contributed by atoms with Gasteiger partial charge in [-0.05, 0) is 17.3 Å². The Bertz CT molecular complexity index is 876. The van der Waals surface area contributed by atoms with Gasteiger partial charge in [-0.1, -0.05) is 11.6 Å². The van der Waals surface area contributed by atoms with Gasteiger partial charge in [-0.15, -0.1) is 10.2 Å². The molecule has 0 saturated heterocycles. The van der Waals surface area contributed by atoms with Crippen LogP contribution in [0, 0.1) is 0 Å². The minimum Gasteiger partial charge on any atom is -0.368 e. The maximum absolute atomic E-state index is 11.5. The van der Waals surface area contributed by atoms with Crippen LogP contribution in [0.4, 0.5) is 0 Å². The first-order valence-corrected chi connectivity index (χ1v) is 8.44. The van der Waals surface area contributed by atoms with E-state index >= 15 is 0 Å². The van der Waals surface area contributed by atoms with Crippen molar-refractivity contribution in [2.75, 3.05) is 7.11 Å². The minimum atomic E-state index is -4.46. The maximum atomic E-state index is 11.5. The number of fused-ring (bicyclic) bond motifs is 1. The van der Waals surface area contributed by atoms with E-state index in [1.165, 1.54) is 13.3 Å². The second-order valence-electron chi connectivity index (χ2n) is 4.68. The highest BCUT2D eigenvalue weighted by atomic mass is 35.5. The highest BCUT2D eigenvalue weighted by Crippen LogP contribution is 2.43. The summed E-state index contributed by atoms with van der Waals surface area (Å²) in [5.41, 5.74) is 1.45. The average molecular weight is 359 g/mol. The summed E-state index contributed by atoms with van der Waals surface area (Å²) < 4.78 is 18.1. The smallest absolute Gasteiger partial charge is 0.354 e. The lowest BCUT2D eigenvalue weighted by atomic mass is 10.2. The van der Waals surface area contributed by atoms with E-state index in [-0.39, 0.29) is 12.2 Å². The first-order chi connectivity index (χ1) is 10.9. The molecule has 0 spiro atoms. The highest BCUT2D eigenvalue weighted by molar-refractivity contribution is 7.52. The van der Waals surface area contributed by atoms with Gasteiger partial charge in [0.25, 0.3) is 0 Å². The summed E-state index contributed by atoms with van der Waals surface area (Å²) in [5.74, 6) is -1.04. The number of imidazole rings is 1. The van der Waals surface area contributed by atoms with Crippen molar-refractivity contribution in [3.05, 3.63) is 29.0 Å². The standard InChI is InChI=1S/C11H12ClN6O4P/c1-22-10(23(19,20)21)4-7-6(12)2-3-9-13-5-8(18(7)9)11-14-16-17-15-11/h2-3,5,10H,4H2,1H3,(H2,19,20,21)(H,14,15,16,17). The van der Waals surface area contributed by atoms with E-state index in [1.807, 2.05) is 0 Å². The molecule has 1 unspecified atom stereocenters. The first kappa shape index (κ1) is 16.0. The number of rotatable bonds is 5. The zero-order valence-corrected chi connectivity index (χ0v) is 13.4. The fourth-order valence-electron chi connectivity index (χ4n) is 2.24. The number of hydrogen-bond donors (Lipinski definition) is 3. The third kappa shape index (κ3) is 2.99. The van der Waals surface area contributed by atoms with E-state index in [2.05, 4.69) is 25.6 Å². The lowest BCUT2D eigenvalue weighted by Crippen LogP contribution is -2.17. The van der Waals surface area contributed by atoms with Crippen molar-refractivity contribution < 1.29 is 19.1 Å². The molecule has 0 aliphatic carbocycles. The maximum Gasteiger partial charge on any atom is 0.354 e. The molecular weight excluding hydrogens is 347 g/mol. The summed E-state index contributed by atoms with van der Waals surface area (Å²) in [5, 5.41) is 13.9. The van der Waals surface area contributed by atoms with E-state index < -0.39 is 13.4 Å². The van der Waals surface area contributed by atoms with Crippen molar-refractivity contribution in [3.8, 4) is 11.5 Å². The first-order valence-electron chi connectivity index (χ1n) is 6.38. The summed E-state index contributed by atoms with van der Waals surface area (Å²) in [6, 6.07) is 3.28. The molecule has 0 fully saturated rings. The molecule has 0 bridgehead atoms. The summed E-state index contributed by atoms with van der Waals surface area (Å²) in [7, 11) is -3.23. The Balaban J connectivity index is 2.17. The molecule has 10 nitrogen and oxygen atoms in total. The fraction of sp³-hybridized carbons (Fsp3) is 0.273. The molecule has 3 rings (SSSR count). The third-order valence-corrected chi connectivity index (χ3v) is 4.79. The summed E-state index contributed by atoms with van der Waals surface area (Å²) in [6.07, 6.45) is 1.41. The number of nitrogens with one attached hydrogen (secondary N) is 1. The summed E-state index contributed by atoms with van der Waals surface area (Å²) in [6.45, 7) is 0. The molecule has 12 heteroatoms. The molecule has 0 saturated carbocycles. The zero-order chi connectivity index (χ0) is 16.6. The molecule has 0 aliphatic rings. The topological polar surface area (TPSA) is 139 Å². The molecule has 23 heavy (non-hydrogen) atoms. The van der Waals surface area contributed by atoms with E-state index in [0.29, 0.717) is 22.1 Å². The van der Waals surface area contributed by atoms with E-state index in [9.17, 15) is 14.4 Å². The number of hydrogen-bond acceptors (Lipinski definition) is 6. The Kier molecular flexibility index (Phi) is 4.17. The van der Waals surface area contributed by atoms with Crippen molar-refractivity contribution in [1.82, 2.24) is 30.0 Å². The lowest BCUT2D eigenvalue weighted by Gasteiger charge is -2.18.